The zero-order valence-corrected chi connectivity index (χ0v) is 17.1. The summed E-state index contributed by atoms with van der Waals surface area (Å²) in [5.41, 5.74) is 0. The fourth-order valence-corrected chi connectivity index (χ4v) is 3.58. The van der Waals surface area contributed by atoms with Crippen LogP contribution in [0.1, 0.15) is 63.5 Å². The highest BCUT2D eigenvalue weighted by Crippen LogP contribution is 2.17. The second-order valence-electron chi connectivity index (χ2n) is 6.63. The monoisotopic (exact) mass is 446 g/mol. The highest BCUT2D eigenvalue weighted by Gasteiger charge is 2.16. The number of hydrogen-bond acceptors (Lipinski definition) is 3. The van der Waals surface area contributed by atoms with E-state index >= 15 is 0 Å². The standard InChI is InChI=1S/C17H30N6.HI/c1-2-18-17(20-14-8-5-6-9-14)19-12-11-16-22-21-15-10-4-3-7-13-23(15)16;/h14H,2-13H2,1H3,(H2,18,19,20);1H. The Balaban J connectivity index is 0.00000208. The van der Waals surface area contributed by atoms with Crippen molar-refractivity contribution in [2.75, 3.05) is 13.1 Å². The summed E-state index contributed by atoms with van der Waals surface area (Å²) in [5.74, 6) is 3.22. The van der Waals surface area contributed by atoms with Crippen LogP contribution in [0.15, 0.2) is 4.99 Å². The van der Waals surface area contributed by atoms with Crippen molar-refractivity contribution in [3.8, 4) is 0 Å². The van der Waals surface area contributed by atoms with Gasteiger partial charge in [-0.3, -0.25) is 4.99 Å². The van der Waals surface area contributed by atoms with Crippen molar-refractivity contribution in [3.05, 3.63) is 11.6 Å². The Labute approximate surface area is 162 Å². The molecule has 3 rings (SSSR count). The Bertz CT molecular complexity index is 521. The van der Waals surface area contributed by atoms with Gasteiger partial charge in [-0.1, -0.05) is 19.3 Å². The largest absolute Gasteiger partial charge is 0.357 e. The zero-order chi connectivity index (χ0) is 15.9. The highest BCUT2D eigenvalue weighted by molar-refractivity contribution is 14.0. The fourth-order valence-electron chi connectivity index (χ4n) is 3.58. The van der Waals surface area contributed by atoms with Gasteiger partial charge in [0.2, 0.25) is 0 Å². The number of aromatic nitrogens is 3. The van der Waals surface area contributed by atoms with Gasteiger partial charge in [0.15, 0.2) is 5.96 Å². The second-order valence-corrected chi connectivity index (χ2v) is 6.63. The van der Waals surface area contributed by atoms with Gasteiger partial charge in [-0.25, -0.2) is 0 Å². The number of hydrogen-bond donors (Lipinski definition) is 2. The molecule has 0 aromatic carbocycles. The van der Waals surface area contributed by atoms with Gasteiger partial charge in [-0.2, -0.15) is 0 Å². The Kier molecular flexibility index (Phi) is 8.28. The van der Waals surface area contributed by atoms with Crippen LogP contribution in [0.2, 0.25) is 0 Å². The molecular weight excluding hydrogens is 415 g/mol. The number of nitrogens with zero attached hydrogens (tertiary/aromatic N) is 4. The summed E-state index contributed by atoms with van der Waals surface area (Å²) in [5, 5.41) is 15.7. The third-order valence-corrected chi connectivity index (χ3v) is 4.83. The van der Waals surface area contributed by atoms with Crippen LogP contribution in [0, 0.1) is 0 Å². The minimum atomic E-state index is 0. The molecule has 1 aromatic heterocycles. The van der Waals surface area contributed by atoms with Crippen molar-refractivity contribution < 1.29 is 0 Å². The molecule has 2 aliphatic rings. The molecule has 1 saturated carbocycles. The zero-order valence-electron chi connectivity index (χ0n) is 14.8. The van der Waals surface area contributed by atoms with E-state index in [2.05, 4.69) is 32.3 Å². The van der Waals surface area contributed by atoms with E-state index in [9.17, 15) is 0 Å². The van der Waals surface area contributed by atoms with Crippen molar-refractivity contribution in [1.82, 2.24) is 25.4 Å². The van der Waals surface area contributed by atoms with Crippen LogP contribution in [-0.4, -0.2) is 39.9 Å². The predicted octanol–water partition coefficient (Wildman–Crippen LogP) is 2.66. The first-order valence-electron chi connectivity index (χ1n) is 9.32. The lowest BCUT2D eigenvalue weighted by Gasteiger charge is -2.16. The second kappa shape index (κ2) is 10.2. The quantitative estimate of drug-likeness (QED) is 0.415. The molecule has 7 heteroatoms. The van der Waals surface area contributed by atoms with Crippen LogP contribution in [0.4, 0.5) is 0 Å². The minimum Gasteiger partial charge on any atom is -0.357 e. The Morgan fingerprint density at radius 2 is 2.00 bits per heavy atom. The van der Waals surface area contributed by atoms with Gasteiger partial charge in [-0.15, -0.1) is 34.2 Å². The Hall–Kier alpha value is -0.860. The summed E-state index contributed by atoms with van der Waals surface area (Å²) < 4.78 is 2.32. The van der Waals surface area contributed by atoms with Gasteiger partial charge < -0.3 is 15.2 Å². The number of halogens is 1. The summed E-state index contributed by atoms with van der Waals surface area (Å²) in [4.78, 5) is 4.74. The molecule has 2 heterocycles. The molecule has 0 atom stereocenters. The SMILES string of the molecule is CCNC(=NCCc1nnc2n1CCCCC2)NC1CCCC1.I. The normalized spacial score (nSPS) is 18.6. The lowest BCUT2D eigenvalue weighted by Crippen LogP contribution is -2.42. The van der Waals surface area contributed by atoms with Crippen LogP contribution in [0.25, 0.3) is 0 Å². The van der Waals surface area contributed by atoms with E-state index in [1.54, 1.807) is 0 Å². The van der Waals surface area contributed by atoms with Crippen molar-refractivity contribution in [1.29, 1.82) is 0 Å². The molecule has 1 aliphatic heterocycles. The maximum absolute atomic E-state index is 4.74. The first-order valence-corrected chi connectivity index (χ1v) is 9.32. The van der Waals surface area contributed by atoms with E-state index in [4.69, 9.17) is 4.99 Å². The third-order valence-electron chi connectivity index (χ3n) is 4.83. The number of nitrogens with one attached hydrogen (secondary N) is 2. The highest BCUT2D eigenvalue weighted by atomic mass is 127. The van der Waals surface area contributed by atoms with Crippen LogP contribution < -0.4 is 10.6 Å². The first-order chi connectivity index (χ1) is 11.4. The lowest BCUT2D eigenvalue weighted by molar-refractivity contribution is 0.600. The molecule has 24 heavy (non-hydrogen) atoms. The smallest absolute Gasteiger partial charge is 0.191 e. The average Bonchev–Trinajstić information content (AvgIpc) is 3.12. The van der Waals surface area contributed by atoms with Crippen LogP contribution in [-0.2, 0) is 19.4 Å². The van der Waals surface area contributed by atoms with Crippen molar-refractivity contribution in [3.63, 3.8) is 0 Å². The summed E-state index contributed by atoms with van der Waals surface area (Å²) in [7, 11) is 0. The van der Waals surface area contributed by atoms with Crippen molar-refractivity contribution in [2.45, 2.75) is 77.3 Å². The summed E-state index contributed by atoms with van der Waals surface area (Å²) >= 11 is 0. The molecule has 0 radical (unpaired) electrons. The first kappa shape index (κ1) is 19.5. The van der Waals surface area contributed by atoms with E-state index in [1.807, 2.05) is 0 Å². The molecule has 1 fully saturated rings. The number of rotatable bonds is 5. The predicted molar refractivity (Wildman–Crippen MR) is 108 cm³/mol. The Morgan fingerprint density at radius 1 is 1.17 bits per heavy atom. The van der Waals surface area contributed by atoms with Gasteiger partial charge in [0.25, 0.3) is 0 Å². The molecule has 0 bridgehead atoms. The van der Waals surface area contributed by atoms with Crippen molar-refractivity contribution in [2.24, 2.45) is 4.99 Å². The maximum Gasteiger partial charge on any atom is 0.191 e. The van der Waals surface area contributed by atoms with E-state index in [0.717, 1.165) is 50.1 Å². The topological polar surface area (TPSA) is 67.1 Å². The van der Waals surface area contributed by atoms with Crippen LogP contribution >= 0.6 is 24.0 Å². The van der Waals surface area contributed by atoms with E-state index < -0.39 is 0 Å². The van der Waals surface area contributed by atoms with Crippen molar-refractivity contribution >= 4 is 29.9 Å². The summed E-state index contributed by atoms with van der Waals surface area (Å²) in [6.07, 6.45) is 10.9. The number of aryl methyl sites for hydroxylation is 1. The van der Waals surface area contributed by atoms with E-state index in [1.165, 1.54) is 44.9 Å². The molecule has 136 valence electrons. The molecule has 0 amide bonds. The number of fused-ring (bicyclic) bond motifs is 1. The summed E-state index contributed by atoms with van der Waals surface area (Å²) in [6.45, 7) is 4.85. The van der Waals surface area contributed by atoms with Gasteiger partial charge >= 0.3 is 0 Å². The summed E-state index contributed by atoms with van der Waals surface area (Å²) in [6, 6.07) is 0.595. The molecule has 6 nitrogen and oxygen atoms in total. The van der Waals surface area contributed by atoms with Crippen LogP contribution in [0.3, 0.4) is 0 Å². The molecule has 2 N–H and O–H groups in total. The van der Waals surface area contributed by atoms with Crippen LogP contribution in [0.5, 0.6) is 0 Å². The fraction of sp³-hybridized carbons (Fsp3) is 0.824. The minimum absolute atomic E-state index is 0. The molecular formula is C17H31IN6. The molecule has 0 unspecified atom stereocenters. The van der Waals surface area contributed by atoms with Gasteiger partial charge in [0, 0.05) is 38.5 Å². The lowest BCUT2D eigenvalue weighted by atomic mass is 10.2. The number of guanidine groups is 1. The molecule has 0 saturated heterocycles. The van der Waals surface area contributed by atoms with Gasteiger partial charge in [0.1, 0.15) is 11.6 Å². The maximum atomic E-state index is 4.74. The molecule has 1 aliphatic carbocycles. The van der Waals surface area contributed by atoms with Gasteiger partial charge in [0.05, 0.1) is 0 Å². The van der Waals surface area contributed by atoms with Gasteiger partial charge in [-0.05, 0) is 32.6 Å². The molecule has 0 spiro atoms. The van der Waals surface area contributed by atoms with E-state index in [-0.39, 0.29) is 24.0 Å². The average molecular weight is 446 g/mol. The molecule has 1 aromatic rings. The number of aliphatic imine (C=N–C) groups is 1. The third kappa shape index (κ3) is 5.32. The Morgan fingerprint density at radius 3 is 2.79 bits per heavy atom. The van der Waals surface area contributed by atoms with E-state index in [0.29, 0.717) is 6.04 Å².